The van der Waals surface area contributed by atoms with E-state index in [-0.39, 0.29) is 5.91 Å². The van der Waals surface area contributed by atoms with Crippen molar-refractivity contribution >= 4 is 5.91 Å². The third kappa shape index (κ3) is 9.40. The van der Waals surface area contributed by atoms with Crippen LogP contribution in [0.2, 0.25) is 0 Å². The Kier molecular flexibility index (Phi) is 12.7. The van der Waals surface area contributed by atoms with E-state index in [0.717, 1.165) is 24.4 Å². The molecule has 1 aromatic rings. The van der Waals surface area contributed by atoms with Crippen molar-refractivity contribution in [2.24, 2.45) is 11.8 Å². The summed E-state index contributed by atoms with van der Waals surface area (Å²) < 4.78 is 0. The van der Waals surface area contributed by atoms with E-state index in [2.05, 4.69) is 32.0 Å². The monoisotopic (exact) mass is 329 g/mol. The van der Waals surface area contributed by atoms with Crippen molar-refractivity contribution in [2.75, 3.05) is 6.54 Å². The highest BCUT2D eigenvalue weighted by Crippen LogP contribution is 2.16. The largest absolute Gasteiger partial charge is 0.352 e. The van der Waals surface area contributed by atoms with E-state index >= 15 is 0 Å². The number of hydrogen-bond acceptors (Lipinski definition) is 1. The van der Waals surface area contributed by atoms with E-state index < -0.39 is 0 Å². The molecule has 0 saturated heterocycles. The lowest BCUT2D eigenvalue weighted by Crippen LogP contribution is -2.25. The average molecular weight is 330 g/mol. The summed E-state index contributed by atoms with van der Waals surface area (Å²) in [5, 5.41) is 2.99. The molecule has 0 fully saturated rings. The van der Waals surface area contributed by atoms with Crippen LogP contribution >= 0.6 is 0 Å². The molecular weight excluding hydrogens is 294 g/mol. The highest BCUT2D eigenvalue weighted by Gasteiger charge is 2.07. The third-order valence-electron chi connectivity index (χ3n) is 4.33. The zero-order valence-electron chi connectivity index (χ0n) is 16.2. The summed E-state index contributed by atoms with van der Waals surface area (Å²) in [6, 6.07) is 7.15. The van der Waals surface area contributed by atoms with Gasteiger partial charge in [-0.05, 0) is 42.5 Å². The lowest BCUT2D eigenvalue weighted by Gasteiger charge is -2.13. The summed E-state index contributed by atoms with van der Waals surface area (Å²) in [7, 11) is 0. The molecule has 1 aromatic carbocycles. The van der Waals surface area contributed by atoms with Crippen LogP contribution in [0.5, 0.6) is 0 Å². The van der Waals surface area contributed by atoms with Gasteiger partial charge in [0.1, 0.15) is 0 Å². The van der Waals surface area contributed by atoms with Crippen LogP contribution in [0.3, 0.4) is 0 Å². The number of amides is 1. The van der Waals surface area contributed by atoms with Crippen molar-refractivity contribution in [1.82, 2.24) is 5.32 Å². The summed E-state index contributed by atoms with van der Waals surface area (Å²) in [4.78, 5) is 12.0. The fourth-order valence-electron chi connectivity index (χ4n) is 2.42. The predicted octanol–water partition coefficient (Wildman–Crippen LogP) is 5.67. The summed E-state index contributed by atoms with van der Waals surface area (Å²) in [5.74, 6) is 4.02. The maximum Gasteiger partial charge on any atom is 0.251 e. The highest BCUT2D eigenvalue weighted by molar-refractivity contribution is 5.94. The van der Waals surface area contributed by atoms with Gasteiger partial charge in [0.25, 0.3) is 5.91 Å². The van der Waals surface area contributed by atoms with Gasteiger partial charge in [-0.1, -0.05) is 66.2 Å². The van der Waals surface area contributed by atoms with Crippen LogP contribution in [0.1, 0.15) is 82.6 Å². The Morgan fingerprint density at radius 2 is 1.67 bits per heavy atom. The van der Waals surface area contributed by atoms with E-state index in [4.69, 9.17) is 6.42 Å². The SMILES string of the molecule is C#Cc1ccc(C(=O)NCCC(C)CCCC(C)CC)cc1.CC. The fraction of sp³-hybridized carbons (Fsp3) is 0.591. The van der Waals surface area contributed by atoms with Crippen LogP contribution in [0.4, 0.5) is 0 Å². The number of terminal acetylenes is 1. The first-order valence-corrected chi connectivity index (χ1v) is 9.41. The first-order chi connectivity index (χ1) is 11.6. The van der Waals surface area contributed by atoms with Crippen molar-refractivity contribution in [2.45, 2.75) is 66.7 Å². The predicted molar refractivity (Wildman–Crippen MR) is 105 cm³/mol. The molecule has 0 spiro atoms. The van der Waals surface area contributed by atoms with E-state index in [9.17, 15) is 4.79 Å². The zero-order valence-corrected chi connectivity index (χ0v) is 16.2. The van der Waals surface area contributed by atoms with Crippen molar-refractivity contribution in [1.29, 1.82) is 0 Å². The van der Waals surface area contributed by atoms with Crippen molar-refractivity contribution in [3.8, 4) is 12.3 Å². The summed E-state index contributed by atoms with van der Waals surface area (Å²) in [6.07, 6.45) is 11.5. The van der Waals surface area contributed by atoms with Gasteiger partial charge in [0.15, 0.2) is 0 Å². The smallest absolute Gasteiger partial charge is 0.251 e. The van der Waals surface area contributed by atoms with E-state index in [0.29, 0.717) is 11.5 Å². The Hall–Kier alpha value is -1.75. The van der Waals surface area contributed by atoms with Crippen LogP contribution in [0.25, 0.3) is 0 Å². The first-order valence-electron chi connectivity index (χ1n) is 9.41. The topological polar surface area (TPSA) is 29.1 Å². The Morgan fingerprint density at radius 3 is 2.21 bits per heavy atom. The van der Waals surface area contributed by atoms with Gasteiger partial charge < -0.3 is 5.32 Å². The van der Waals surface area contributed by atoms with Gasteiger partial charge in [-0.15, -0.1) is 6.42 Å². The molecule has 1 amide bonds. The van der Waals surface area contributed by atoms with E-state index in [1.807, 2.05) is 13.8 Å². The van der Waals surface area contributed by atoms with Crippen molar-refractivity contribution in [3.63, 3.8) is 0 Å². The van der Waals surface area contributed by atoms with Crippen LogP contribution in [-0.2, 0) is 0 Å². The van der Waals surface area contributed by atoms with Gasteiger partial charge in [0, 0.05) is 17.7 Å². The average Bonchev–Trinajstić information content (AvgIpc) is 2.63. The minimum absolute atomic E-state index is 0.0182. The minimum Gasteiger partial charge on any atom is -0.352 e. The van der Waals surface area contributed by atoms with Crippen molar-refractivity contribution < 1.29 is 4.79 Å². The Bertz CT molecular complexity index is 484. The van der Waals surface area contributed by atoms with Gasteiger partial charge in [-0.25, -0.2) is 0 Å². The standard InChI is InChI=1S/C20H29NO.C2H6/c1-5-16(3)8-7-9-17(4)14-15-21-20(22)19-12-10-18(6-2)11-13-19;1-2/h2,10-13,16-17H,5,7-9,14-15H2,1,3-4H3,(H,21,22);1-2H3. The quantitative estimate of drug-likeness (QED) is 0.581. The Balaban J connectivity index is 0.00000254. The molecule has 2 nitrogen and oxygen atoms in total. The molecule has 0 aliphatic carbocycles. The van der Waals surface area contributed by atoms with Crippen molar-refractivity contribution in [3.05, 3.63) is 35.4 Å². The van der Waals surface area contributed by atoms with Crippen LogP contribution in [0, 0.1) is 24.2 Å². The second-order valence-electron chi connectivity index (χ2n) is 6.32. The summed E-state index contributed by atoms with van der Waals surface area (Å²) >= 11 is 0. The fourth-order valence-corrected chi connectivity index (χ4v) is 2.42. The highest BCUT2D eigenvalue weighted by atomic mass is 16.1. The van der Waals surface area contributed by atoms with Crippen LogP contribution in [-0.4, -0.2) is 12.5 Å². The molecule has 2 atom stereocenters. The maximum absolute atomic E-state index is 12.0. The molecule has 24 heavy (non-hydrogen) atoms. The molecule has 1 rings (SSSR count). The number of nitrogens with one attached hydrogen (secondary N) is 1. The second kappa shape index (κ2) is 13.7. The number of carbonyl (C=O) groups excluding carboxylic acids is 1. The van der Waals surface area contributed by atoms with Crippen LogP contribution < -0.4 is 5.32 Å². The minimum atomic E-state index is -0.0182. The van der Waals surface area contributed by atoms with E-state index in [1.54, 1.807) is 24.3 Å². The Morgan fingerprint density at radius 1 is 1.08 bits per heavy atom. The van der Waals surface area contributed by atoms with Gasteiger partial charge in [-0.2, -0.15) is 0 Å². The molecule has 1 N–H and O–H groups in total. The number of benzene rings is 1. The third-order valence-corrected chi connectivity index (χ3v) is 4.33. The molecule has 0 saturated carbocycles. The van der Waals surface area contributed by atoms with E-state index in [1.165, 1.54) is 25.7 Å². The lowest BCUT2D eigenvalue weighted by atomic mass is 9.95. The van der Waals surface area contributed by atoms with Gasteiger partial charge in [-0.3, -0.25) is 4.79 Å². The number of hydrogen-bond donors (Lipinski definition) is 1. The molecule has 0 aromatic heterocycles. The molecule has 134 valence electrons. The molecule has 0 heterocycles. The maximum atomic E-state index is 12.0. The molecule has 0 radical (unpaired) electrons. The normalized spacial score (nSPS) is 12.3. The summed E-state index contributed by atoms with van der Waals surface area (Å²) in [6.45, 7) is 11.6. The lowest BCUT2D eigenvalue weighted by molar-refractivity contribution is 0.0951. The molecule has 2 unspecified atom stereocenters. The number of carbonyl (C=O) groups is 1. The van der Waals surface area contributed by atoms with Gasteiger partial charge in [0.2, 0.25) is 0 Å². The summed E-state index contributed by atoms with van der Waals surface area (Å²) in [5.41, 5.74) is 1.47. The zero-order chi connectivity index (χ0) is 18.4. The first kappa shape index (κ1) is 22.2. The molecule has 2 heteroatoms. The number of rotatable bonds is 9. The molecule has 0 bridgehead atoms. The van der Waals surface area contributed by atoms with Crippen LogP contribution in [0.15, 0.2) is 24.3 Å². The molecular formula is C22H35NO. The van der Waals surface area contributed by atoms with Gasteiger partial charge in [0.05, 0.1) is 0 Å². The molecule has 0 aliphatic heterocycles. The van der Waals surface area contributed by atoms with Gasteiger partial charge >= 0.3 is 0 Å². The molecule has 0 aliphatic rings. The second-order valence-corrected chi connectivity index (χ2v) is 6.32. The Labute approximate surface area is 149 Å².